The lowest BCUT2D eigenvalue weighted by atomic mass is 10.2. The number of sulfonamides is 1. The molecule has 3 aromatic rings. The average molecular weight is 545 g/mol. The van der Waals surface area contributed by atoms with Crippen molar-refractivity contribution in [2.24, 2.45) is 0 Å². The first-order valence-electron chi connectivity index (χ1n) is 8.40. The minimum Gasteiger partial charge on any atom is -0.322 e. The molecule has 0 saturated carbocycles. The number of nitrogens with zero attached hydrogens (tertiary/aromatic N) is 1. The molecule has 0 unspecified atom stereocenters. The Bertz CT molecular complexity index is 1280. The molecule has 0 aliphatic carbocycles. The minimum atomic E-state index is -4.44. The van der Waals surface area contributed by atoms with E-state index < -0.39 is 31.4 Å². The van der Waals surface area contributed by atoms with E-state index >= 15 is 0 Å². The molecule has 0 aliphatic rings. The van der Waals surface area contributed by atoms with Gasteiger partial charge in [-0.1, -0.05) is 45.2 Å². The molecule has 0 saturated heterocycles. The fraction of sp³-hybridized carbons (Fsp3) is 0. The van der Waals surface area contributed by atoms with Crippen molar-refractivity contribution in [2.75, 3.05) is 10.0 Å². The molecular formula is C19H12BrCl2N3O5S. The van der Waals surface area contributed by atoms with Crippen molar-refractivity contribution in [2.45, 2.75) is 4.90 Å². The quantitative estimate of drug-likeness (QED) is 0.304. The number of carbonyl (C=O) groups is 1. The number of nitrogens with one attached hydrogen (secondary N) is 2. The van der Waals surface area contributed by atoms with Crippen LogP contribution in [0.5, 0.6) is 0 Å². The number of hydrogen-bond donors (Lipinski definition) is 2. The molecule has 2 N–H and O–H groups in total. The second-order valence-corrected chi connectivity index (χ2v) is 9.54. The first-order valence-corrected chi connectivity index (χ1v) is 11.4. The Morgan fingerprint density at radius 3 is 2.29 bits per heavy atom. The van der Waals surface area contributed by atoms with Gasteiger partial charge in [0.1, 0.15) is 0 Å². The maximum atomic E-state index is 12.9. The van der Waals surface area contributed by atoms with Crippen LogP contribution < -0.4 is 10.0 Å². The SMILES string of the molecule is O=C(Nc1cccc(Br)c1)c1cc(S(=O)(=O)Nc2ccc(Cl)cc2)c([N+](=O)[O-])cc1Cl. The van der Waals surface area contributed by atoms with Gasteiger partial charge in [-0.15, -0.1) is 0 Å². The normalized spacial score (nSPS) is 11.1. The summed E-state index contributed by atoms with van der Waals surface area (Å²) in [6.07, 6.45) is 0. The molecule has 0 aliphatic heterocycles. The number of nitro groups is 1. The summed E-state index contributed by atoms with van der Waals surface area (Å²) in [5, 5.41) is 14.1. The predicted octanol–water partition coefficient (Wildman–Crippen LogP) is 5.72. The molecule has 0 spiro atoms. The van der Waals surface area contributed by atoms with Crippen molar-refractivity contribution in [3.8, 4) is 0 Å². The molecule has 12 heteroatoms. The summed E-state index contributed by atoms with van der Waals surface area (Å²) < 4.78 is 28.7. The van der Waals surface area contributed by atoms with Gasteiger partial charge in [0.25, 0.3) is 21.6 Å². The predicted molar refractivity (Wildman–Crippen MR) is 122 cm³/mol. The molecule has 0 bridgehead atoms. The number of anilines is 2. The summed E-state index contributed by atoms with van der Waals surface area (Å²) in [5.74, 6) is -0.735. The molecule has 0 heterocycles. The average Bonchev–Trinajstić information content (AvgIpc) is 2.69. The summed E-state index contributed by atoms with van der Waals surface area (Å²) >= 11 is 15.1. The van der Waals surface area contributed by atoms with Crippen LogP contribution in [0.3, 0.4) is 0 Å². The third kappa shape index (κ3) is 5.53. The zero-order chi connectivity index (χ0) is 22.8. The fourth-order valence-corrected chi connectivity index (χ4v) is 4.57. The Morgan fingerprint density at radius 2 is 1.68 bits per heavy atom. The fourth-order valence-electron chi connectivity index (χ4n) is 2.57. The molecule has 160 valence electrons. The van der Waals surface area contributed by atoms with E-state index in [1.54, 1.807) is 24.3 Å². The second kappa shape index (κ2) is 9.23. The Morgan fingerprint density at radius 1 is 1.00 bits per heavy atom. The van der Waals surface area contributed by atoms with E-state index in [4.69, 9.17) is 23.2 Å². The van der Waals surface area contributed by atoms with E-state index in [-0.39, 0.29) is 16.3 Å². The summed E-state index contributed by atoms with van der Waals surface area (Å²) in [5.41, 5.74) is -0.472. The van der Waals surface area contributed by atoms with Gasteiger partial charge in [0, 0.05) is 26.9 Å². The highest BCUT2D eigenvalue weighted by molar-refractivity contribution is 9.10. The standard InChI is InChI=1S/C19H12BrCl2N3O5S/c20-11-2-1-3-14(8-11)23-19(26)15-9-18(17(25(27)28)10-16(15)22)31(29,30)24-13-6-4-12(21)5-7-13/h1-10,24H,(H,23,26). The summed E-state index contributed by atoms with van der Waals surface area (Å²) in [7, 11) is -4.44. The smallest absolute Gasteiger partial charge is 0.291 e. The number of hydrogen-bond acceptors (Lipinski definition) is 5. The van der Waals surface area contributed by atoms with Gasteiger partial charge in [-0.05, 0) is 48.5 Å². The number of nitro benzene ring substituents is 1. The molecule has 8 nitrogen and oxygen atoms in total. The number of amides is 1. The zero-order valence-electron chi connectivity index (χ0n) is 15.3. The highest BCUT2D eigenvalue weighted by atomic mass is 79.9. The minimum absolute atomic E-state index is 0.133. The van der Waals surface area contributed by atoms with Crippen molar-refractivity contribution in [3.05, 3.63) is 90.9 Å². The van der Waals surface area contributed by atoms with Crippen LogP contribution in [-0.4, -0.2) is 19.2 Å². The molecule has 0 aromatic heterocycles. The van der Waals surface area contributed by atoms with Gasteiger partial charge in [-0.2, -0.15) is 0 Å². The van der Waals surface area contributed by atoms with Crippen LogP contribution in [0.1, 0.15) is 10.4 Å². The van der Waals surface area contributed by atoms with Gasteiger partial charge in [0.05, 0.1) is 15.5 Å². The molecule has 0 radical (unpaired) electrons. The Kier molecular flexibility index (Phi) is 6.85. The van der Waals surface area contributed by atoms with E-state index in [1.165, 1.54) is 24.3 Å². The molecule has 3 rings (SSSR count). The highest BCUT2D eigenvalue weighted by Crippen LogP contribution is 2.32. The van der Waals surface area contributed by atoms with Gasteiger partial charge >= 0.3 is 0 Å². The largest absolute Gasteiger partial charge is 0.322 e. The van der Waals surface area contributed by atoms with Crippen molar-refractivity contribution >= 4 is 72.1 Å². The topological polar surface area (TPSA) is 118 Å². The van der Waals surface area contributed by atoms with E-state index in [0.717, 1.165) is 12.1 Å². The molecule has 1 amide bonds. The lowest BCUT2D eigenvalue weighted by Crippen LogP contribution is -2.18. The van der Waals surface area contributed by atoms with Crippen molar-refractivity contribution in [1.29, 1.82) is 0 Å². The van der Waals surface area contributed by atoms with Gasteiger partial charge in [-0.3, -0.25) is 19.6 Å². The van der Waals surface area contributed by atoms with Crippen molar-refractivity contribution in [1.82, 2.24) is 0 Å². The van der Waals surface area contributed by atoms with Crippen LogP contribution >= 0.6 is 39.1 Å². The molecule has 3 aromatic carbocycles. The highest BCUT2D eigenvalue weighted by Gasteiger charge is 2.29. The van der Waals surface area contributed by atoms with Crippen LogP contribution in [0.2, 0.25) is 10.0 Å². The third-order valence-corrected chi connectivity index (χ3v) is 6.43. The Hall–Kier alpha value is -2.66. The molecular weight excluding hydrogens is 533 g/mol. The lowest BCUT2D eigenvalue weighted by molar-refractivity contribution is -0.387. The van der Waals surface area contributed by atoms with Gasteiger partial charge < -0.3 is 5.32 Å². The molecule has 31 heavy (non-hydrogen) atoms. The Balaban J connectivity index is 2.03. The molecule has 0 atom stereocenters. The second-order valence-electron chi connectivity index (χ2n) is 6.13. The van der Waals surface area contributed by atoms with Gasteiger partial charge in [0.15, 0.2) is 4.90 Å². The van der Waals surface area contributed by atoms with Crippen LogP contribution in [0, 0.1) is 10.1 Å². The van der Waals surface area contributed by atoms with Crippen LogP contribution in [-0.2, 0) is 10.0 Å². The van der Waals surface area contributed by atoms with Crippen LogP contribution in [0.25, 0.3) is 0 Å². The number of rotatable bonds is 6. The summed E-state index contributed by atoms with van der Waals surface area (Å²) in [6.45, 7) is 0. The third-order valence-electron chi connectivity index (χ3n) is 3.96. The zero-order valence-corrected chi connectivity index (χ0v) is 19.2. The van der Waals surface area contributed by atoms with Crippen LogP contribution in [0.15, 0.2) is 70.0 Å². The van der Waals surface area contributed by atoms with Gasteiger partial charge in [0.2, 0.25) is 0 Å². The number of carbonyl (C=O) groups excluding carboxylic acids is 1. The number of halogens is 3. The van der Waals surface area contributed by atoms with Crippen molar-refractivity contribution < 1.29 is 18.1 Å². The van der Waals surface area contributed by atoms with Crippen LogP contribution in [0.4, 0.5) is 17.1 Å². The Labute approximate surface area is 195 Å². The first-order chi connectivity index (χ1) is 14.6. The maximum absolute atomic E-state index is 12.9. The summed E-state index contributed by atoms with van der Waals surface area (Å²) in [6, 6.07) is 14.0. The van der Waals surface area contributed by atoms with E-state index in [2.05, 4.69) is 26.0 Å². The van der Waals surface area contributed by atoms with Crippen molar-refractivity contribution in [3.63, 3.8) is 0 Å². The van der Waals surface area contributed by atoms with Gasteiger partial charge in [-0.25, -0.2) is 8.42 Å². The maximum Gasteiger partial charge on any atom is 0.291 e. The molecule has 0 fully saturated rings. The first kappa shape index (κ1) is 23.0. The monoisotopic (exact) mass is 543 g/mol. The van der Waals surface area contributed by atoms with E-state index in [0.29, 0.717) is 15.2 Å². The lowest BCUT2D eigenvalue weighted by Gasteiger charge is -2.12. The number of benzene rings is 3. The van der Waals surface area contributed by atoms with E-state index in [9.17, 15) is 23.3 Å². The van der Waals surface area contributed by atoms with E-state index in [1.807, 2.05) is 0 Å². The summed E-state index contributed by atoms with van der Waals surface area (Å²) in [4.78, 5) is 22.5.